The Morgan fingerprint density at radius 2 is 2.00 bits per heavy atom. The number of carbonyl (C=O) groups excluding carboxylic acids is 1. The second-order valence-electron chi connectivity index (χ2n) is 4.04. The summed E-state index contributed by atoms with van der Waals surface area (Å²) < 4.78 is 39.2. The molecule has 0 aliphatic carbocycles. The first-order chi connectivity index (χ1) is 9.62. The van der Waals surface area contributed by atoms with Crippen molar-refractivity contribution in [1.82, 2.24) is 14.8 Å². The number of pyridine rings is 1. The number of aryl methyl sites for hydroxylation is 1. The zero-order chi connectivity index (χ0) is 15.9. The summed E-state index contributed by atoms with van der Waals surface area (Å²) in [6.07, 6.45) is -3.85. The molecule has 0 fully saturated rings. The van der Waals surface area contributed by atoms with Crippen molar-refractivity contribution in [3.63, 3.8) is 0 Å². The highest BCUT2D eigenvalue weighted by molar-refractivity contribution is 6.37. The normalized spacial score (nSPS) is 11.7. The molecule has 5 nitrogen and oxygen atoms in total. The minimum absolute atomic E-state index is 0.106. The number of alkyl halides is 3. The predicted molar refractivity (Wildman–Crippen MR) is 68.7 cm³/mol. The third kappa shape index (κ3) is 2.81. The van der Waals surface area contributed by atoms with Crippen molar-refractivity contribution in [1.29, 1.82) is 0 Å². The van der Waals surface area contributed by atoms with Crippen LogP contribution in [0.25, 0.3) is 0 Å². The van der Waals surface area contributed by atoms with Gasteiger partial charge in [0.2, 0.25) is 5.78 Å². The lowest BCUT2D eigenvalue weighted by Crippen LogP contribution is -2.22. The van der Waals surface area contributed by atoms with Gasteiger partial charge in [0.1, 0.15) is 11.3 Å². The Hall–Kier alpha value is -1.80. The highest BCUT2D eigenvalue weighted by Gasteiger charge is 2.40. The van der Waals surface area contributed by atoms with E-state index in [9.17, 15) is 22.8 Å². The lowest BCUT2D eigenvalue weighted by atomic mass is 10.1. The number of hydrogen-bond donors (Lipinski definition) is 1. The molecule has 0 amide bonds. The fourth-order valence-electron chi connectivity index (χ4n) is 1.66. The van der Waals surface area contributed by atoms with Gasteiger partial charge < -0.3 is 0 Å². The van der Waals surface area contributed by atoms with Gasteiger partial charge in [-0.1, -0.05) is 23.2 Å². The molecule has 112 valence electrons. The van der Waals surface area contributed by atoms with Gasteiger partial charge in [-0.15, -0.1) is 0 Å². The van der Waals surface area contributed by atoms with Crippen molar-refractivity contribution in [3.8, 4) is 0 Å². The average Bonchev–Trinajstić information content (AvgIpc) is 2.65. The Balaban J connectivity index is 2.67. The summed E-state index contributed by atoms with van der Waals surface area (Å²) >= 11 is 11.3. The predicted octanol–water partition coefficient (Wildman–Crippen LogP) is 2.67. The van der Waals surface area contributed by atoms with Gasteiger partial charge in [-0.25, -0.2) is 4.98 Å². The third-order valence-electron chi connectivity index (χ3n) is 2.58. The number of nitrogens with one attached hydrogen (secondary N) is 1. The lowest BCUT2D eigenvalue weighted by molar-refractivity contribution is -0.141. The molecule has 0 bridgehead atoms. The largest absolute Gasteiger partial charge is 0.433 e. The molecule has 0 unspecified atom stereocenters. The smallest absolute Gasteiger partial charge is 0.291 e. The maximum atomic E-state index is 12.9. The summed E-state index contributed by atoms with van der Waals surface area (Å²) in [6, 6.07) is 1.15. The van der Waals surface area contributed by atoms with Crippen LogP contribution in [0.15, 0.2) is 17.1 Å². The van der Waals surface area contributed by atoms with E-state index in [1.807, 2.05) is 0 Å². The molecule has 2 aromatic rings. The molecule has 0 saturated carbocycles. The first kappa shape index (κ1) is 15.6. The lowest BCUT2D eigenvalue weighted by Gasteiger charge is -2.06. The van der Waals surface area contributed by atoms with E-state index >= 15 is 0 Å². The molecule has 0 aliphatic heterocycles. The Kier molecular flexibility index (Phi) is 3.85. The minimum atomic E-state index is -4.90. The number of H-pyrrole nitrogens is 1. The molecular formula is C11H6Cl2F3N3O2. The molecule has 0 spiro atoms. The summed E-state index contributed by atoms with van der Waals surface area (Å²) in [6.45, 7) is 0. The van der Waals surface area contributed by atoms with E-state index < -0.39 is 34.5 Å². The molecule has 0 atom stereocenters. The van der Waals surface area contributed by atoms with E-state index in [2.05, 4.69) is 4.98 Å². The molecule has 0 aromatic carbocycles. The fourth-order valence-corrected chi connectivity index (χ4v) is 2.13. The van der Waals surface area contributed by atoms with Crippen LogP contribution >= 0.6 is 23.2 Å². The SMILES string of the molecule is Cn1[nH]c(C(F)(F)F)c(C(=O)c2ncc(Cl)cc2Cl)c1=O. The molecule has 0 saturated heterocycles. The van der Waals surface area contributed by atoms with Crippen LogP contribution < -0.4 is 5.56 Å². The Morgan fingerprint density at radius 3 is 2.52 bits per heavy atom. The third-order valence-corrected chi connectivity index (χ3v) is 3.08. The van der Waals surface area contributed by atoms with Crippen molar-refractivity contribution in [3.05, 3.63) is 49.6 Å². The van der Waals surface area contributed by atoms with Crippen molar-refractivity contribution < 1.29 is 18.0 Å². The summed E-state index contributed by atoms with van der Waals surface area (Å²) in [5.41, 5.74) is -4.13. The topological polar surface area (TPSA) is 67.8 Å². The average molecular weight is 340 g/mol. The number of carbonyl (C=O) groups is 1. The van der Waals surface area contributed by atoms with Crippen molar-refractivity contribution in [2.75, 3.05) is 0 Å². The number of hydrogen-bond acceptors (Lipinski definition) is 3. The minimum Gasteiger partial charge on any atom is -0.291 e. The van der Waals surface area contributed by atoms with Crippen LogP contribution in [0.1, 0.15) is 21.7 Å². The van der Waals surface area contributed by atoms with Crippen molar-refractivity contribution in [2.45, 2.75) is 6.18 Å². The van der Waals surface area contributed by atoms with Crippen LogP contribution in [-0.4, -0.2) is 20.5 Å². The Morgan fingerprint density at radius 1 is 1.38 bits per heavy atom. The van der Waals surface area contributed by atoms with Crippen molar-refractivity contribution in [2.24, 2.45) is 7.05 Å². The molecule has 21 heavy (non-hydrogen) atoms. The first-order valence-corrected chi connectivity index (χ1v) is 6.10. The van der Waals surface area contributed by atoms with Gasteiger partial charge in [0.05, 0.1) is 10.0 Å². The molecule has 2 rings (SSSR count). The summed E-state index contributed by atoms with van der Waals surface area (Å²) in [5, 5.41) is 1.66. The van der Waals surface area contributed by atoms with Gasteiger partial charge in [-0.05, 0) is 6.07 Å². The highest BCUT2D eigenvalue weighted by atomic mass is 35.5. The fraction of sp³-hybridized carbons (Fsp3) is 0.182. The molecule has 2 aromatic heterocycles. The number of rotatable bonds is 2. The maximum absolute atomic E-state index is 12.9. The molecule has 1 N–H and O–H groups in total. The quantitative estimate of drug-likeness (QED) is 0.855. The van der Waals surface area contributed by atoms with Crippen molar-refractivity contribution >= 4 is 29.0 Å². The zero-order valence-electron chi connectivity index (χ0n) is 10.3. The Labute approximate surface area is 125 Å². The van der Waals surface area contributed by atoms with Gasteiger partial charge in [0.15, 0.2) is 5.69 Å². The number of ketones is 1. The second kappa shape index (κ2) is 5.19. The number of aromatic amines is 1. The van der Waals surface area contributed by atoms with E-state index in [4.69, 9.17) is 23.2 Å². The van der Waals surface area contributed by atoms with E-state index in [-0.39, 0.29) is 10.0 Å². The molecule has 2 heterocycles. The summed E-state index contributed by atoms with van der Waals surface area (Å²) in [5.74, 6) is -1.23. The van der Waals surface area contributed by atoms with Gasteiger partial charge in [0, 0.05) is 13.2 Å². The van der Waals surface area contributed by atoms with Crippen LogP contribution in [0.2, 0.25) is 10.0 Å². The van der Waals surface area contributed by atoms with Gasteiger partial charge >= 0.3 is 6.18 Å². The summed E-state index contributed by atoms with van der Waals surface area (Å²) in [7, 11) is 1.06. The van der Waals surface area contributed by atoms with E-state index in [0.29, 0.717) is 4.68 Å². The number of nitrogens with zero attached hydrogens (tertiary/aromatic N) is 2. The van der Waals surface area contributed by atoms with Crippen LogP contribution in [0, 0.1) is 0 Å². The Bertz CT molecular complexity index is 780. The zero-order valence-corrected chi connectivity index (χ0v) is 11.8. The first-order valence-electron chi connectivity index (χ1n) is 5.35. The van der Waals surface area contributed by atoms with Crippen LogP contribution in [0.5, 0.6) is 0 Å². The molecule has 10 heteroatoms. The van der Waals surface area contributed by atoms with Gasteiger partial charge in [0.25, 0.3) is 5.56 Å². The number of aromatic nitrogens is 3. The molecule has 0 radical (unpaired) electrons. The second-order valence-corrected chi connectivity index (χ2v) is 4.88. The molecular weight excluding hydrogens is 334 g/mol. The van der Waals surface area contributed by atoms with Crippen LogP contribution in [0.4, 0.5) is 13.2 Å². The van der Waals surface area contributed by atoms with E-state index in [1.165, 1.54) is 0 Å². The summed E-state index contributed by atoms with van der Waals surface area (Å²) in [4.78, 5) is 27.5. The monoisotopic (exact) mass is 339 g/mol. The van der Waals surface area contributed by atoms with E-state index in [0.717, 1.165) is 19.3 Å². The maximum Gasteiger partial charge on any atom is 0.433 e. The molecule has 0 aliphatic rings. The standard InChI is InChI=1S/C11H6Cl2F3N3O2/c1-19-10(21)6(9(18-19)11(14,15)16)8(20)7-5(13)2-4(12)3-17-7/h2-3,18H,1H3. The number of halogens is 5. The van der Waals surface area contributed by atoms with Crippen LogP contribution in [0.3, 0.4) is 0 Å². The van der Waals surface area contributed by atoms with Gasteiger partial charge in [-0.3, -0.25) is 19.4 Å². The van der Waals surface area contributed by atoms with E-state index in [1.54, 1.807) is 5.10 Å². The highest BCUT2D eigenvalue weighted by Crippen LogP contribution is 2.31. The van der Waals surface area contributed by atoms with Gasteiger partial charge in [-0.2, -0.15) is 13.2 Å². The van der Waals surface area contributed by atoms with Crippen LogP contribution in [-0.2, 0) is 13.2 Å².